The van der Waals surface area contributed by atoms with Crippen LogP contribution in [0.5, 0.6) is 0 Å². The van der Waals surface area contributed by atoms with Gasteiger partial charge in [-0.05, 0) is 12.0 Å². The molecule has 0 amide bonds. The van der Waals surface area contributed by atoms with Gasteiger partial charge in [0.1, 0.15) is 5.84 Å². The first kappa shape index (κ1) is 4.13. The van der Waals surface area contributed by atoms with Gasteiger partial charge >= 0.3 is 0 Å². The third-order valence-corrected chi connectivity index (χ3v) is 1.58. The fraction of sp³-hybridized carbons (Fsp3) is 0.500. The number of hydrogen-bond acceptors (Lipinski definition) is 2. The molecule has 1 N–H and O–H groups in total. The molecule has 0 bridgehead atoms. The van der Waals surface area contributed by atoms with Crippen molar-refractivity contribution in [2.24, 2.45) is 4.99 Å². The highest BCUT2D eigenvalue weighted by atomic mass is 15.0. The molecule has 0 aromatic carbocycles. The Kier molecular flexibility index (Phi) is 0.692. The van der Waals surface area contributed by atoms with Crippen LogP contribution in [0.4, 0.5) is 0 Å². The van der Waals surface area contributed by atoms with Crippen molar-refractivity contribution in [1.29, 1.82) is 0 Å². The normalized spacial score (nSPS) is 24.0. The van der Waals surface area contributed by atoms with E-state index in [1.807, 2.05) is 0 Å². The lowest BCUT2D eigenvalue weighted by molar-refractivity contribution is 0.942. The predicted molar refractivity (Wildman–Crippen MR) is 33.0 cm³/mol. The van der Waals surface area contributed by atoms with Crippen LogP contribution in [-0.4, -0.2) is 18.9 Å². The van der Waals surface area contributed by atoms with Crippen LogP contribution >= 0.6 is 0 Å². The summed E-state index contributed by atoms with van der Waals surface area (Å²) in [7, 11) is 0. The first-order valence-electron chi connectivity index (χ1n) is 2.94. The zero-order valence-electron chi connectivity index (χ0n) is 4.65. The molecule has 42 valence electrons. The minimum absolute atomic E-state index is 0.900. The third-order valence-electron chi connectivity index (χ3n) is 1.58. The van der Waals surface area contributed by atoms with Crippen molar-refractivity contribution in [3.63, 3.8) is 0 Å². The number of fused-ring (bicyclic) bond motifs is 1. The molecular weight excluding hydrogens is 100 g/mol. The van der Waals surface area contributed by atoms with E-state index in [2.05, 4.69) is 16.4 Å². The van der Waals surface area contributed by atoms with Gasteiger partial charge in [0.05, 0.1) is 6.54 Å². The SMILES string of the molecule is C1=C2CCNC2=NC1. The first-order chi connectivity index (χ1) is 3.97. The average Bonchev–Trinajstić information content (AvgIpc) is 2.15. The van der Waals surface area contributed by atoms with Gasteiger partial charge in [0.2, 0.25) is 0 Å². The van der Waals surface area contributed by atoms with Crippen molar-refractivity contribution in [2.45, 2.75) is 6.42 Å². The molecule has 0 aliphatic carbocycles. The summed E-state index contributed by atoms with van der Waals surface area (Å²) < 4.78 is 0. The number of nitrogens with one attached hydrogen (secondary N) is 1. The Labute approximate surface area is 48.3 Å². The molecule has 1 saturated heterocycles. The summed E-state index contributed by atoms with van der Waals surface area (Å²) in [5.41, 5.74) is 1.42. The number of nitrogens with zero attached hydrogens (tertiary/aromatic N) is 1. The maximum atomic E-state index is 4.21. The summed E-state index contributed by atoms with van der Waals surface area (Å²) >= 11 is 0. The summed E-state index contributed by atoms with van der Waals surface area (Å²) in [6.07, 6.45) is 3.37. The topological polar surface area (TPSA) is 24.4 Å². The van der Waals surface area contributed by atoms with Crippen LogP contribution in [0.2, 0.25) is 0 Å². The van der Waals surface area contributed by atoms with Crippen LogP contribution in [0.1, 0.15) is 6.42 Å². The Morgan fingerprint density at radius 3 is 3.50 bits per heavy atom. The molecule has 2 nitrogen and oxygen atoms in total. The lowest BCUT2D eigenvalue weighted by Gasteiger charge is -1.88. The van der Waals surface area contributed by atoms with Gasteiger partial charge in [0.25, 0.3) is 0 Å². The van der Waals surface area contributed by atoms with Gasteiger partial charge in [0, 0.05) is 6.54 Å². The highest BCUT2D eigenvalue weighted by Crippen LogP contribution is 2.13. The minimum Gasteiger partial charge on any atom is -0.370 e. The van der Waals surface area contributed by atoms with Gasteiger partial charge < -0.3 is 5.32 Å². The first-order valence-corrected chi connectivity index (χ1v) is 2.94. The summed E-state index contributed by atoms with van der Waals surface area (Å²) in [4.78, 5) is 4.21. The average molecular weight is 108 g/mol. The second-order valence-electron chi connectivity index (χ2n) is 2.10. The van der Waals surface area contributed by atoms with Crippen LogP contribution in [0, 0.1) is 0 Å². The van der Waals surface area contributed by atoms with Crippen molar-refractivity contribution in [3.05, 3.63) is 11.6 Å². The molecule has 8 heavy (non-hydrogen) atoms. The van der Waals surface area contributed by atoms with Gasteiger partial charge in [-0.2, -0.15) is 0 Å². The summed E-state index contributed by atoms with van der Waals surface area (Å²) in [5.74, 6) is 1.14. The molecule has 0 atom stereocenters. The minimum atomic E-state index is 0.900. The van der Waals surface area contributed by atoms with Crippen molar-refractivity contribution < 1.29 is 0 Å². The van der Waals surface area contributed by atoms with E-state index in [4.69, 9.17) is 0 Å². The van der Waals surface area contributed by atoms with E-state index in [0.717, 1.165) is 18.9 Å². The van der Waals surface area contributed by atoms with Crippen LogP contribution in [0.25, 0.3) is 0 Å². The van der Waals surface area contributed by atoms with Crippen molar-refractivity contribution >= 4 is 5.84 Å². The molecule has 2 aliphatic rings. The number of rotatable bonds is 0. The molecule has 2 heterocycles. The smallest absolute Gasteiger partial charge is 0.124 e. The molecule has 0 saturated carbocycles. The molecule has 2 aliphatic heterocycles. The predicted octanol–water partition coefficient (Wildman–Crippen LogP) is 0.318. The van der Waals surface area contributed by atoms with Gasteiger partial charge in [-0.15, -0.1) is 0 Å². The van der Waals surface area contributed by atoms with Gasteiger partial charge in [0.15, 0.2) is 0 Å². The van der Waals surface area contributed by atoms with Gasteiger partial charge in [-0.25, -0.2) is 0 Å². The highest BCUT2D eigenvalue weighted by molar-refractivity contribution is 6.01. The van der Waals surface area contributed by atoms with E-state index in [1.54, 1.807) is 0 Å². The monoisotopic (exact) mass is 108 g/mol. The van der Waals surface area contributed by atoms with E-state index in [9.17, 15) is 0 Å². The zero-order chi connectivity index (χ0) is 5.40. The second kappa shape index (κ2) is 1.34. The summed E-state index contributed by atoms with van der Waals surface area (Å²) in [6, 6.07) is 0. The Bertz CT molecular complexity index is 149. The number of aliphatic imine (C=N–C) groups is 1. The van der Waals surface area contributed by atoms with Crippen molar-refractivity contribution in [3.8, 4) is 0 Å². The second-order valence-corrected chi connectivity index (χ2v) is 2.10. The quantitative estimate of drug-likeness (QED) is 0.474. The summed E-state index contributed by atoms with van der Waals surface area (Å²) in [5, 5.41) is 3.20. The van der Waals surface area contributed by atoms with Crippen molar-refractivity contribution in [2.75, 3.05) is 13.1 Å². The molecule has 0 aromatic rings. The number of hydrogen-bond donors (Lipinski definition) is 1. The van der Waals surface area contributed by atoms with Crippen LogP contribution in [-0.2, 0) is 0 Å². The van der Waals surface area contributed by atoms with E-state index in [-0.39, 0.29) is 0 Å². The molecular formula is C6H8N2. The Hall–Kier alpha value is -0.790. The zero-order valence-corrected chi connectivity index (χ0v) is 4.65. The standard InChI is InChI=1S/C6H8N2/c1-3-7-6-5(1)2-4-8-6/h1H,2-4H2,(H,7,8). The molecule has 2 heteroatoms. The lowest BCUT2D eigenvalue weighted by atomic mass is 10.2. The Morgan fingerprint density at radius 2 is 2.62 bits per heavy atom. The molecule has 1 fully saturated rings. The maximum absolute atomic E-state index is 4.21. The third kappa shape index (κ3) is 0.399. The highest BCUT2D eigenvalue weighted by Gasteiger charge is 2.15. The Morgan fingerprint density at radius 1 is 1.62 bits per heavy atom. The van der Waals surface area contributed by atoms with Crippen LogP contribution < -0.4 is 5.32 Å². The number of amidine groups is 1. The van der Waals surface area contributed by atoms with E-state index in [1.165, 1.54) is 12.0 Å². The van der Waals surface area contributed by atoms with Crippen LogP contribution in [0.15, 0.2) is 16.6 Å². The lowest BCUT2D eigenvalue weighted by Crippen LogP contribution is -2.13. The van der Waals surface area contributed by atoms with Gasteiger partial charge in [-0.3, -0.25) is 4.99 Å². The molecule has 2 rings (SSSR count). The summed E-state index contributed by atoms with van der Waals surface area (Å²) in [6.45, 7) is 1.99. The van der Waals surface area contributed by atoms with E-state index < -0.39 is 0 Å². The largest absolute Gasteiger partial charge is 0.370 e. The van der Waals surface area contributed by atoms with Crippen molar-refractivity contribution in [1.82, 2.24) is 5.32 Å². The maximum Gasteiger partial charge on any atom is 0.124 e. The van der Waals surface area contributed by atoms with Gasteiger partial charge in [-0.1, -0.05) is 6.08 Å². The molecule has 0 radical (unpaired) electrons. The fourth-order valence-electron chi connectivity index (χ4n) is 1.15. The fourth-order valence-corrected chi connectivity index (χ4v) is 1.15. The van der Waals surface area contributed by atoms with E-state index in [0.29, 0.717) is 0 Å². The molecule has 0 aromatic heterocycles. The van der Waals surface area contributed by atoms with Crippen LogP contribution in [0.3, 0.4) is 0 Å². The van der Waals surface area contributed by atoms with E-state index >= 15 is 0 Å². The Balaban J connectivity index is 2.37. The molecule has 0 unspecified atom stereocenters. The molecule has 0 spiro atoms.